The van der Waals surface area contributed by atoms with E-state index in [0.29, 0.717) is 0 Å². The number of halogens is 1. The average molecular weight is 486 g/mol. The second-order valence-corrected chi connectivity index (χ2v) is 9.12. The highest BCUT2D eigenvalue weighted by atomic mass is 79.9. The van der Waals surface area contributed by atoms with Gasteiger partial charge in [0.2, 0.25) is 0 Å². The van der Waals surface area contributed by atoms with Gasteiger partial charge in [-0.2, -0.15) is 5.10 Å². The summed E-state index contributed by atoms with van der Waals surface area (Å²) >= 11 is 3.59. The first-order valence-corrected chi connectivity index (χ1v) is 11.9. The highest BCUT2D eigenvalue weighted by Gasteiger charge is 2.23. The normalized spacial score (nSPS) is 18.7. The molecule has 0 saturated carbocycles. The molecule has 6 nitrogen and oxygen atoms in total. The molecule has 1 aromatic carbocycles. The van der Waals surface area contributed by atoms with E-state index >= 15 is 0 Å². The Morgan fingerprint density at radius 2 is 2.13 bits per heavy atom. The third-order valence-electron chi connectivity index (χ3n) is 4.78. The van der Waals surface area contributed by atoms with Gasteiger partial charge in [0.05, 0.1) is 21.6 Å². The number of anilines is 2. The van der Waals surface area contributed by atoms with Gasteiger partial charge in [-0.05, 0) is 64.7 Å². The molecule has 2 aromatic rings. The highest BCUT2D eigenvalue weighted by Crippen LogP contribution is 2.32. The standard InChI is InChI=1S/C22H24BrN5OS/c1-2-13-25-30(29)18-11-9-17(10-12-18)26-21-14-20(16-7-5-3-4-6-8-16)27-22-19(23)15-24-28(21)22/h3-5,7-12,14-15,20,25-27H,2,6,13H2,1H3. The van der Waals surface area contributed by atoms with Gasteiger partial charge in [0.1, 0.15) is 22.6 Å². The van der Waals surface area contributed by atoms with Gasteiger partial charge in [-0.15, -0.1) is 0 Å². The zero-order chi connectivity index (χ0) is 20.9. The summed E-state index contributed by atoms with van der Waals surface area (Å²) in [5, 5.41) is 11.5. The third-order valence-corrected chi connectivity index (χ3v) is 6.53. The predicted octanol–water partition coefficient (Wildman–Crippen LogP) is 4.81. The molecular weight excluding hydrogens is 462 g/mol. The molecule has 0 radical (unpaired) electrons. The van der Waals surface area contributed by atoms with E-state index in [0.717, 1.165) is 46.1 Å². The first kappa shape index (κ1) is 20.8. The van der Waals surface area contributed by atoms with Crippen molar-refractivity contribution in [2.45, 2.75) is 30.7 Å². The molecule has 0 saturated heterocycles. The minimum atomic E-state index is -1.19. The maximum atomic E-state index is 12.2. The van der Waals surface area contributed by atoms with Crippen LogP contribution in [0.2, 0.25) is 0 Å². The average Bonchev–Trinajstić information content (AvgIpc) is 2.96. The zero-order valence-electron chi connectivity index (χ0n) is 16.6. The fourth-order valence-corrected chi connectivity index (χ4v) is 4.56. The number of fused-ring (bicyclic) bond motifs is 1. The second kappa shape index (κ2) is 9.59. The van der Waals surface area contributed by atoms with E-state index in [-0.39, 0.29) is 6.04 Å². The Morgan fingerprint density at radius 1 is 1.30 bits per heavy atom. The van der Waals surface area contributed by atoms with Crippen molar-refractivity contribution < 1.29 is 4.21 Å². The van der Waals surface area contributed by atoms with Crippen molar-refractivity contribution in [2.24, 2.45) is 0 Å². The van der Waals surface area contributed by atoms with Crippen LogP contribution in [0.4, 0.5) is 11.5 Å². The molecule has 8 heteroatoms. The van der Waals surface area contributed by atoms with Crippen LogP contribution in [0.5, 0.6) is 0 Å². The fourth-order valence-electron chi connectivity index (χ4n) is 3.25. The van der Waals surface area contributed by atoms with E-state index in [4.69, 9.17) is 0 Å². The molecule has 1 aliphatic heterocycles. The van der Waals surface area contributed by atoms with Gasteiger partial charge in [0, 0.05) is 12.2 Å². The van der Waals surface area contributed by atoms with E-state index in [1.165, 1.54) is 5.57 Å². The Morgan fingerprint density at radius 3 is 2.93 bits per heavy atom. The van der Waals surface area contributed by atoms with Crippen molar-refractivity contribution in [2.75, 3.05) is 17.2 Å². The molecule has 0 fully saturated rings. The fraction of sp³-hybridized carbons (Fsp3) is 0.227. The monoisotopic (exact) mass is 485 g/mol. The molecule has 2 unspecified atom stereocenters. The third kappa shape index (κ3) is 4.66. The van der Waals surface area contributed by atoms with Crippen molar-refractivity contribution in [3.05, 3.63) is 77.0 Å². The molecule has 2 aliphatic rings. The van der Waals surface area contributed by atoms with Crippen LogP contribution in [0.1, 0.15) is 19.8 Å². The molecule has 0 spiro atoms. The lowest BCUT2D eigenvalue weighted by Crippen LogP contribution is -2.28. The minimum Gasteiger partial charge on any atom is -0.359 e. The Bertz CT molecular complexity index is 1050. The van der Waals surface area contributed by atoms with Crippen LogP contribution in [0, 0.1) is 0 Å². The van der Waals surface area contributed by atoms with E-state index in [2.05, 4.69) is 79.8 Å². The number of hydrogen-bond donors (Lipinski definition) is 3. The molecule has 30 heavy (non-hydrogen) atoms. The van der Waals surface area contributed by atoms with Crippen LogP contribution in [-0.4, -0.2) is 26.6 Å². The van der Waals surface area contributed by atoms with E-state index in [1.807, 2.05) is 28.9 Å². The molecule has 0 amide bonds. The molecule has 1 aliphatic carbocycles. The van der Waals surface area contributed by atoms with Crippen LogP contribution in [-0.2, 0) is 11.0 Å². The summed E-state index contributed by atoms with van der Waals surface area (Å²) in [7, 11) is -1.19. The summed E-state index contributed by atoms with van der Waals surface area (Å²) in [5.74, 6) is 1.77. The summed E-state index contributed by atoms with van der Waals surface area (Å²) < 4.78 is 18.0. The number of nitrogens with zero attached hydrogens (tertiary/aromatic N) is 2. The van der Waals surface area contributed by atoms with Crippen LogP contribution >= 0.6 is 15.9 Å². The first-order valence-electron chi connectivity index (χ1n) is 9.93. The molecule has 1 aromatic heterocycles. The largest absolute Gasteiger partial charge is 0.359 e. The molecule has 156 valence electrons. The number of rotatable bonds is 7. The SMILES string of the molecule is CCCNS(=O)c1ccc(NC2=CC(C3=CCC=CC=C3)Nc3c(Br)cnn32)cc1. The summed E-state index contributed by atoms with van der Waals surface area (Å²) in [6.45, 7) is 2.78. The topological polar surface area (TPSA) is 71.0 Å². The number of nitrogens with one attached hydrogen (secondary N) is 3. The lowest BCUT2D eigenvalue weighted by Gasteiger charge is -2.27. The molecular formula is C22H24BrN5OS. The van der Waals surface area contributed by atoms with Gasteiger partial charge < -0.3 is 10.6 Å². The Labute approximate surface area is 187 Å². The van der Waals surface area contributed by atoms with Crippen molar-refractivity contribution in [1.82, 2.24) is 14.5 Å². The number of hydrogen-bond acceptors (Lipinski definition) is 4. The molecule has 0 bridgehead atoms. The maximum absolute atomic E-state index is 12.2. The van der Waals surface area contributed by atoms with Crippen molar-refractivity contribution >= 4 is 44.2 Å². The Hall–Kier alpha value is -2.42. The van der Waals surface area contributed by atoms with Gasteiger partial charge in [-0.25, -0.2) is 13.6 Å². The van der Waals surface area contributed by atoms with Crippen LogP contribution in [0.3, 0.4) is 0 Å². The lowest BCUT2D eigenvalue weighted by molar-refractivity contribution is 0.670. The molecule has 3 N–H and O–H groups in total. The van der Waals surface area contributed by atoms with Crippen LogP contribution < -0.4 is 15.4 Å². The van der Waals surface area contributed by atoms with Crippen molar-refractivity contribution in [3.63, 3.8) is 0 Å². The maximum Gasteiger partial charge on any atom is 0.146 e. The van der Waals surface area contributed by atoms with Crippen molar-refractivity contribution in [3.8, 4) is 0 Å². The zero-order valence-corrected chi connectivity index (χ0v) is 19.0. The lowest BCUT2D eigenvalue weighted by atomic mass is 10.0. The molecule has 2 heterocycles. The van der Waals surface area contributed by atoms with Gasteiger partial charge in [0.15, 0.2) is 0 Å². The first-order chi connectivity index (χ1) is 14.7. The Kier molecular flexibility index (Phi) is 6.66. The van der Waals surface area contributed by atoms with E-state index in [9.17, 15) is 4.21 Å². The van der Waals surface area contributed by atoms with Gasteiger partial charge >= 0.3 is 0 Å². The summed E-state index contributed by atoms with van der Waals surface area (Å²) in [5.41, 5.74) is 2.11. The van der Waals surface area contributed by atoms with Gasteiger partial charge in [-0.3, -0.25) is 0 Å². The second-order valence-electron chi connectivity index (χ2n) is 6.97. The summed E-state index contributed by atoms with van der Waals surface area (Å²) in [6.07, 6.45) is 16.4. The smallest absolute Gasteiger partial charge is 0.146 e. The summed E-state index contributed by atoms with van der Waals surface area (Å²) in [4.78, 5) is 0.759. The number of aromatic nitrogens is 2. The quantitative estimate of drug-likeness (QED) is 0.525. The van der Waals surface area contributed by atoms with Gasteiger partial charge in [0.25, 0.3) is 0 Å². The van der Waals surface area contributed by atoms with Gasteiger partial charge in [-0.1, -0.05) is 37.3 Å². The summed E-state index contributed by atoms with van der Waals surface area (Å²) in [6, 6.07) is 7.65. The van der Waals surface area contributed by atoms with E-state index < -0.39 is 11.0 Å². The van der Waals surface area contributed by atoms with Crippen LogP contribution in [0.15, 0.2) is 81.9 Å². The van der Waals surface area contributed by atoms with Crippen molar-refractivity contribution in [1.29, 1.82) is 0 Å². The number of benzene rings is 1. The predicted molar refractivity (Wildman–Crippen MR) is 127 cm³/mol. The van der Waals surface area contributed by atoms with E-state index in [1.54, 1.807) is 6.20 Å². The molecule has 2 atom stereocenters. The Balaban J connectivity index is 1.58. The minimum absolute atomic E-state index is 0.0224. The van der Waals surface area contributed by atoms with Crippen LogP contribution in [0.25, 0.3) is 5.82 Å². The number of allylic oxidation sites excluding steroid dienone is 4. The molecule has 4 rings (SSSR count). The highest BCUT2D eigenvalue weighted by molar-refractivity contribution is 9.10.